The number of para-hydroxylation sites is 1. The molecule has 1 aromatic heterocycles. The summed E-state index contributed by atoms with van der Waals surface area (Å²) >= 11 is 0. The molecule has 0 radical (unpaired) electrons. The van der Waals surface area contributed by atoms with Crippen LogP contribution in [0.2, 0.25) is 0 Å². The van der Waals surface area contributed by atoms with Gasteiger partial charge in [-0.15, -0.1) is 0 Å². The van der Waals surface area contributed by atoms with Crippen LogP contribution in [0.15, 0.2) is 47.1 Å². The molecule has 1 fully saturated rings. The fraction of sp³-hybridized carbons (Fsp3) is 0.300. The van der Waals surface area contributed by atoms with Gasteiger partial charge in [-0.2, -0.15) is 0 Å². The largest absolute Gasteiger partial charge is 0.459 e. The molecule has 0 aliphatic heterocycles. The predicted octanol–water partition coefficient (Wildman–Crippen LogP) is 2.46. The van der Waals surface area contributed by atoms with Gasteiger partial charge < -0.3 is 19.8 Å². The topological polar surface area (TPSA) is 127 Å². The van der Waals surface area contributed by atoms with Crippen molar-refractivity contribution in [1.82, 2.24) is 10.6 Å². The van der Waals surface area contributed by atoms with Crippen LogP contribution < -0.4 is 16.0 Å². The van der Waals surface area contributed by atoms with E-state index < -0.39 is 30.4 Å². The highest BCUT2D eigenvalue weighted by Crippen LogP contribution is 2.18. The van der Waals surface area contributed by atoms with Crippen molar-refractivity contribution in [3.05, 3.63) is 54.0 Å². The second-order valence-electron chi connectivity index (χ2n) is 6.56. The monoisotopic (exact) mass is 399 g/mol. The second-order valence-corrected chi connectivity index (χ2v) is 6.56. The molecule has 152 valence electrons. The van der Waals surface area contributed by atoms with Crippen LogP contribution >= 0.6 is 0 Å². The Morgan fingerprint density at radius 2 is 1.79 bits per heavy atom. The highest BCUT2D eigenvalue weighted by molar-refractivity contribution is 6.07. The van der Waals surface area contributed by atoms with E-state index in [4.69, 9.17) is 9.15 Å². The lowest BCUT2D eigenvalue weighted by Gasteiger charge is -2.13. The van der Waals surface area contributed by atoms with Gasteiger partial charge in [0, 0.05) is 6.04 Å². The molecule has 1 heterocycles. The number of carbonyl (C=O) groups excluding carboxylic acids is 4. The summed E-state index contributed by atoms with van der Waals surface area (Å²) in [7, 11) is 0. The molecule has 0 unspecified atom stereocenters. The molecule has 1 aliphatic carbocycles. The highest BCUT2D eigenvalue weighted by Gasteiger charge is 2.20. The summed E-state index contributed by atoms with van der Waals surface area (Å²) in [6.07, 6.45) is 5.23. The Morgan fingerprint density at radius 3 is 2.52 bits per heavy atom. The first kappa shape index (κ1) is 20.1. The van der Waals surface area contributed by atoms with Crippen molar-refractivity contribution in [2.24, 2.45) is 0 Å². The Balaban J connectivity index is 1.51. The first-order valence-corrected chi connectivity index (χ1v) is 9.24. The number of urea groups is 1. The first-order valence-electron chi connectivity index (χ1n) is 9.24. The van der Waals surface area contributed by atoms with Crippen molar-refractivity contribution in [3.8, 4) is 0 Å². The summed E-state index contributed by atoms with van der Waals surface area (Å²) in [5.41, 5.74) is 0.272. The first-order chi connectivity index (χ1) is 14.0. The molecule has 0 spiro atoms. The van der Waals surface area contributed by atoms with E-state index in [-0.39, 0.29) is 23.1 Å². The number of ether oxygens (including phenoxy) is 1. The molecule has 2 aromatic rings. The zero-order valence-electron chi connectivity index (χ0n) is 15.6. The van der Waals surface area contributed by atoms with Crippen molar-refractivity contribution >= 4 is 29.5 Å². The minimum absolute atomic E-state index is 0.0648. The Labute approximate surface area is 166 Å². The van der Waals surface area contributed by atoms with Gasteiger partial charge >= 0.3 is 12.0 Å². The van der Waals surface area contributed by atoms with E-state index in [0.717, 1.165) is 25.7 Å². The Hall–Kier alpha value is -3.62. The van der Waals surface area contributed by atoms with Crippen molar-refractivity contribution in [3.63, 3.8) is 0 Å². The zero-order valence-corrected chi connectivity index (χ0v) is 15.6. The summed E-state index contributed by atoms with van der Waals surface area (Å²) < 4.78 is 9.98. The van der Waals surface area contributed by atoms with Gasteiger partial charge in [-0.25, -0.2) is 9.59 Å². The van der Waals surface area contributed by atoms with E-state index in [1.807, 2.05) is 0 Å². The lowest BCUT2D eigenvalue weighted by molar-refractivity contribution is -0.123. The lowest BCUT2D eigenvalue weighted by atomic mass is 10.1. The molecule has 29 heavy (non-hydrogen) atoms. The third-order valence-corrected chi connectivity index (χ3v) is 4.42. The summed E-state index contributed by atoms with van der Waals surface area (Å²) in [5.74, 6) is -2.00. The van der Waals surface area contributed by atoms with Crippen LogP contribution in [-0.4, -0.2) is 36.5 Å². The van der Waals surface area contributed by atoms with Gasteiger partial charge in [-0.3, -0.25) is 14.9 Å². The average Bonchev–Trinajstić information content (AvgIpc) is 3.40. The number of benzene rings is 1. The van der Waals surface area contributed by atoms with E-state index in [9.17, 15) is 19.2 Å². The highest BCUT2D eigenvalue weighted by atomic mass is 16.5. The molecule has 0 saturated heterocycles. The Kier molecular flexibility index (Phi) is 6.62. The van der Waals surface area contributed by atoms with Crippen molar-refractivity contribution in [2.75, 3.05) is 11.9 Å². The molecule has 1 aliphatic rings. The number of rotatable bonds is 6. The fourth-order valence-corrected chi connectivity index (χ4v) is 3.02. The summed E-state index contributed by atoms with van der Waals surface area (Å²) in [6, 6.07) is 8.70. The number of hydrogen-bond donors (Lipinski definition) is 3. The smallest absolute Gasteiger partial charge is 0.340 e. The maximum atomic E-state index is 12.3. The molecule has 4 amide bonds. The van der Waals surface area contributed by atoms with Crippen LogP contribution in [0.25, 0.3) is 0 Å². The lowest BCUT2D eigenvalue weighted by Crippen LogP contribution is -2.45. The fourth-order valence-electron chi connectivity index (χ4n) is 3.02. The van der Waals surface area contributed by atoms with Crippen LogP contribution in [0.4, 0.5) is 10.5 Å². The molecule has 9 heteroatoms. The third-order valence-electron chi connectivity index (χ3n) is 4.42. The van der Waals surface area contributed by atoms with Gasteiger partial charge in [0.1, 0.15) is 0 Å². The normalized spacial score (nSPS) is 13.5. The molecule has 3 N–H and O–H groups in total. The van der Waals surface area contributed by atoms with Crippen LogP contribution in [-0.2, 0) is 9.53 Å². The molecular weight excluding hydrogens is 378 g/mol. The van der Waals surface area contributed by atoms with Gasteiger partial charge in [0.05, 0.1) is 17.5 Å². The number of carbonyl (C=O) groups is 4. The summed E-state index contributed by atoms with van der Waals surface area (Å²) in [6.45, 7) is -0.628. The maximum Gasteiger partial charge on any atom is 0.340 e. The van der Waals surface area contributed by atoms with Gasteiger partial charge in [0.2, 0.25) is 0 Å². The number of anilines is 1. The van der Waals surface area contributed by atoms with Gasteiger partial charge in [0.25, 0.3) is 11.8 Å². The summed E-state index contributed by atoms with van der Waals surface area (Å²) in [4.78, 5) is 48.1. The number of furan rings is 1. The maximum absolute atomic E-state index is 12.3. The average molecular weight is 399 g/mol. The number of amides is 4. The van der Waals surface area contributed by atoms with Crippen LogP contribution in [0.1, 0.15) is 46.6 Å². The van der Waals surface area contributed by atoms with Crippen LogP contribution in [0.5, 0.6) is 0 Å². The Bertz CT molecular complexity index is 887. The molecule has 9 nitrogen and oxygen atoms in total. The zero-order chi connectivity index (χ0) is 20.6. The molecule has 3 rings (SSSR count). The number of nitrogens with one attached hydrogen (secondary N) is 3. The van der Waals surface area contributed by atoms with Crippen molar-refractivity contribution in [1.29, 1.82) is 0 Å². The quantitative estimate of drug-likeness (QED) is 0.641. The number of hydrogen-bond acceptors (Lipinski definition) is 6. The molecule has 1 saturated carbocycles. The van der Waals surface area contributed by atoms with E-state index in [0.29, 0.717) is 0 Å². The van der Waals surface area contributed by atoms with Crippen molar-refractivity contribution < 1.29 is 28.3 Å². The van der Waals surface area contributed by atoms with E-state index in [1.165, 1.54) is 24.5 Å². The van der Waals surface area contributed by atoms with E-state index in [2.05, 4.69) is 16.0 Å². The van der Waals surface area contributed by atoms with Gasteiger partial charge in [-0.1, -0.05) is 25.0 Å². The molecule has 1 aromatic carbocycles. The molecule has 0 atom stereocenters. The Morgan fingerprint density at radius 1 is 1.03 bits per heavy atom. The number of imide groups is 1. The molecule has 0 bridgehead atoms. The standard InChI is InChI=1S/C20H21N3O6/c24-17(23-20(27)21-13-6-1-2-7-13)12-29-19(26)14-8-3-4-9-15(14)22-18(25)16-10-5-11-28-16/h3-5,8-11,13H,1-2,6-7,12H2,(H,22,25)(H2,21,23,24,27). The van der Waals surface area contributed by atoms with E-state index >= 15 is 0 Å². The van der Waals surface area contributed by atoms with Gasteiger partial charge in [0.15, 0.2) is 12.4 Å². The van der Waals surface area contributed by atoms with Crippen molar-refractivity contribution in [2.45, 2.75) is 31.7 Å². The van der Waals surface area contributed by atoms with Gasteiger partial charge in [-0.05, 0) is 37.1 Å². The van der Waals surface area contributed by atoms with Crippen LogP contribution in [0, 0.1) is 0 Å². The minimum Gasteiger partial charge on any atom is -0.459 e. The predicted molar refractivity (Wildman–Crippen MR) is 102 cm³/mol. The molecular formula is C20H21N3O6. The second kappa shape index (κ2) is 9.54. The van der Waals surface area contributed by atoms with Crippen LogP contribution in [0.3, 0.4) is 0 Å². The third kappa shape index (κ3) is 5.68. The minimum atomic E-state index is -0.813. The SMILES string of the molecule is O=C(COC(=O)c1ccccc1NC(=O)c1ccco1)NC(=O)NC1CCCC1. The summed E-state index contributed by atoms with van der Waals surface area (Å²) in [5, 5.41) is 7.39. The van der Waals surface area contributed by atoms with E-state index in [1.54, 1.807) is 18.2 Å². The number of esters is 1.